The summed E-state index contributed by atoms with van der Waals surface area (Å²) in [5, 5.41) is 0. The summed E-state index contributed by atoms with van der Waals surface area (Å²) in [4.78, 5) is 8.20. The van der Waals surface area contributed by atoms with Crippen molar-refractivity contribution in [1.29, 1.82) is 0 Å². The molecule has 1 unspecified atom stereocenters. The van der Waals surface area contributed by atoms with Crippen LogP contribution in [0.15, 0.2) is 35.1 Å². The highest BCUT2D eigenvalue weighted by atomic mass is 16.4. The molecule has 15 heavy (non-hydrogen) atoms. The van der Waals surface area contributed by atoms with E-state index in [0.29, 0.717) is 12.4 Å². The van der Waals surface area contributed by atoms with Gasteiger partial charge in [-0.3, -0.25) is 4.98 Å². The zero-order valence-electron chi connectivity index (χ0n) is 8.55. The minimum atomic E-state index is 0.197. The molecule has 2 N–H and O–H groups in total. The first kappa shape index (κ1) is 9.86. The van der Waals surface area contributed by atoms with Gasteiger partial charge in [0.2, 0.25) is 5.89 Å². The van der Waals surface area contributed by atoms with Gasteiger partial charge >= 0.3 is 0 Å². The lowest BCUT2D eigenvalue weighted by Gasteiger charge is -2.01. The van der Waals surface area contributed by atoms with E-state index in [1.54, 1.807) is 18.6 Å². The largest absolute Gasteiger partial charge is 0.441 e. The van der Waals surface area contributed by atoms with E-state index in [1.165, 1.54) is 0 Å². The fourth-order valence-electron chi connectivity index (χ4n) is 1.25. The topological polar surface area (TPSA) is 64.9 Å². The number of nitrogens with zero attached hydrogens (tertiary/aromatic N) is 2. The molecule has 2 aromatic heterocycles. The van der Waals surface area contributed by atoms with Gasteiger partial charge in [-0.25, -0.2) is 4.98 Å². The van der Waals surface area contributed by atoms with E-state index in [0.717, 1.165) is 11.3 Å². The standard InChI is InChI=1S/C11H13N3O/c1-8(5-12)10-7-14-11(15-10)9-3-2-4-13-6-9/h2-4,6-8H,5,12H2,1H3. The second-order valence-electron chi connectivity index (χ2n) is 3.45. The molecule has 2 heterocycles. The average molecular weight is 203 g/mol. The summed E-state index contributed by atoms with van der Waals surface area (Å²) >= 11 is 0. The van der Waals surface area contributed by atoms with Crippen LogP contribution in [0.3, 0.4) is 0 Å². The first-order chi connectivity index (χ1) is 7.31. The second kappa shape index (κ2) is 4.23. The number of aromatic nitrogens is 2. The fraction of sp³-hybridized carbons (Fsp3) is 0.273. The Labute approximate surface area is 88.2 Å². The molecule has 0 aliphatic carbocycles. The van der Waals surface area contributed by atoms with Gasteiger partial charge in [-0.15, -0.1) is 0 Å². The number of hydrogen-bond donors (Lipinski definition) is 1. The number of oxazole rings is 1. The Morgan fingerprint density at radius 2 is 2.33 bits per heavy atom. The number of pyridine rings is 1. The lowest BCUT2D eigenvalue weighted by Crippen LogP contribution is -2.07. The SMILES string of the molecule is CC(CN)c1cnc(-c2cccnc2)o1. The van der Waals surface area contributed by atoms with Gasteiger partial charge in [0, 0.05) is 24.9 Å². The number of nitrogens with two attached hydrogens (primary N) is 1. The summed E-state index contributed by atoms with van der Waals surface area (Å²) < 4.78 is 5.59. The molecule has 0 fully saturated rings. The van der Waals surface area contributed by atoms with Crippen molar-refractivity contribution in [3.8, 4) is 11.5 Å². The molecular formula is C11H13N3O. The molecule has 0 amide bonds. The van der Waals surface area contributed by atoms with Crippen LogP contribution in [0.25, 0.3) is 11.5 Å². The van der Waals surface area contributed by atoms with Crippen molar-refractivity contribution in [3.05, 3.63) is 36.5 Å². The normalized spacial score (nSPS) is 12.7. The Balaban J connectivity index is 2.28. The molecule has 2 rings (SSSR count). The Kier molecular flexibility index (Phi) is 2.78. The van der Waals surface area contributed by atoms with Crippen molar-refractivity contribution in [3.63, 3.8) is 0 Å². The minimum Gasteiger partial charge on any atom is -0.441 e. The molecule has 0 bridgehead atoms. The monoisotopic (exact) mass is 203 g/mol. The van der Waals surface area contributed by atoms with Gasteiger partial charge in [-0.1, -0.05) is 6.92 Å². The highest BCUT2D eigenvalue weighted by molar-refractivity contribution is 5.50. The molecule has 0 radical (unpaired) electrons. The third-order valence-electron chi connectivity index (χ3n) is 2.27. The molecular weight excluding hydrogens is 190 g/mol. The first-order valence-corrected chi connectivity index (χ1v) is 4.87. The molecule has 4 heteroatoms. The van der Waals surface area contributed by atoms with Gasteiger partial charge in [0.25, 0.3) is 0 Å². The van der Waals surface area contributed by atoms with Gasteiger partial charge in [-0.2, -0.15) is 0 Å². The van der Waals surface area contributed by atoms with E-state index in [4.69, 9.17) is 10.2 Å². The van der Waals surface area contributed by atoms with Crippen molar-refractivity contribution in [2.75, 3.05) is 6.54 Å². The molecule has 0 spiro atoms. The van der Waals surface area contributed by atoms with Crippen LogP contribution < -0.4 is 5.73 Å². The van der Waals surface area contributed by atoms with Crippen LogP contribution >= 0.6 is 0 Å². The molecule has 0 aromatic carbocycles. The zero-order valence-corrected chi connectivity index (χ0v) is 8.55. The van der Waals surface area contributed by atoms with Gasteiger partial charge in [-0.05, 0) is 12.1 Å². The summed E-state index contributed by atoms with van der Waals surface area (Å²) in [6.45, 7) is 2.56. The van der Waals surface area contributed by atoms with Crippen LogP contribution in [-0.2, 0) is 0 Å². The maximum atomic E-state index is 5.59. The Morgan fingerprint density at radius 3 is 3.00 bits per heavy atom. The maximum Gasteiger partial charge on any atom is 0.227 e. The lowest BCUT2D eigenvalue weighted by molar-refractivity contribution is 0.485. The van der Waals surface area contributed by atoms with E-state index >= 15 is 0 Å². The molecule has 0 aliphatic heterocycles. The molecule has 0 aliphatic rings. The smallest absolute Gasteiger partial charge is 0.227 e. The first-order valence-electron chi connectivity index (χ1n) is 4.87. The van der Waals surface area contributed by atoms with Crippen LogP contribution in [0.2, 0.25) is 0 Å². The van der Waals surface area contributed by atoms with Crippen molar-refractivity contribution in [1.82, 2.24) is 9.97 Å². The summed E-state index contributed by atoms with van der Waals surface area (Å²) in [5.74, 6) is 1.61. The van der Waals surface area contributed by atoms with Crippen LogP contribution in [0.1, 0.15) is 18.6 Å². The Morgan fingerprint density at radius 1 is 1.47 bits per heavy atom. The summed E-state index contributed by atoms with van der Waals surface area (Å²) in [6.07, 6.45) is 5.17. The van der Waals surface area contributed by atoms with Crippen molar-refractivity contribution in [2.45, 2.75) is 12.8 Å². The molecule has 0 saturated heterocycles. The highest BCUT2D eigenvalue weighted by Gasteiger charge is 2.11. The van der Waals surface area contributed by atoms with Crippen molar-refractivity contribution in [2.24, 2.45) is 5.73 Å². The third kappa shape index (κ3) is 2.05. The Hall–Kier alpha value is -1.68. The zero-order chi connectivity index (χ0) is 10.7. The van der Waals surface area contributed by atoms with Gasteiger partial charge in [0.05, 0.1) is 11.8 Å². The second-order valence-corrected chi connectivity index (χ2v) is 3.45. The fourth-order valence-corrected chi connectivity index (χ4v) is 1.25. The van der Waals surface area contributed by atoms with E-state index in [1.807, 2.05) is 19.1 Å². The third-order valence-corrected chi connectivity index (χ3v) is 2.27. The van der Waals surface area contributed by atoms with Crippen molar-refractivity contribution >= 4 is 0 Å². The quantitative estimate of drug-likeness (QED) is 0.826. The summed E-state index contributed by atoms with van der Waals surface area (Å²) in [5.41, 5.74) is 6.43. The summed E-state index contributed by atoms with van der Waals surface area (Å²) in [7, 11) is 0. The van der Waals surface area contributed by atoms with Gasteiger partial charge in [0.15, 0.2) is 0 Å². The van der Waals surface area contributed by atoms with Crippen LogP contribution in [0.5, 0.6) is 0 Å². The minimum absolute atomic E-state index is 0.197. The van der Waals surface area contributed by atoms with Gasteiger partial charge < -0.3 is 10.2 Å². The van der Waals surface area contributed by atoms with E-state index < -0.39 is 0 Å². The van der Waals surface area contributed by atoms with Gasteiger partial charge in [0.1, 0.15) is 5.76 Å². The highest BCUT2D eigenvalue weighted by Crippen LogP contribution is 2.21. The van der Waals surface area contributed by atoms with Crippen LogP contribution in [0, 0.1) is 0 Å². The van der Waals surface area contributed by atoms with Crippen LogP contribution in [0.4, 0.5) is 0 Å². The van der Waals surface area contributed by atoms with Crippen LogP contribution in [-0.4, -0.2) is 16.5 Å². The lowest BCUT2D eigenvalue weighted by atomic mass is 10.1. The molecule has 2 aromatic rings. The predicted octanol–water partition coefficient (Wildman–Crippen LogP) is 1.80. The van der Waals surface area contributed by atoms with E-state index in [2.05, 4.69) is 9.97 Å². The molecule has 4 nitrogen and oxygen atoms in total. The van der Waals surface area contributed by atoms with E-state index in [-0.39, 0.29) is 5.92 Å². The van der Waals surface area contributed by atoms with E-state index in [9.17, 15) is 0 Å². The molecule has 1 atom stereocenters. The number of rotatable bonds is 3. The average Bonchev–Trinajstić information content (AvgIpc) is 2.78. The predicted molar refractivity (Wildman–Crippen MR) is 57.2 cm³/mol. The van der Waals surface area contributed by atoms with Crippen molar-refractivity contribution < 1.29 is 4.42 Å². The molecule has 78 valence electrons. The maximum absolute atomic E-state index is 5.59. The molecule has 0 saturated carbocycles. The summed E-state index contributed by atoms with van der Waals surface area (Å²) in [6, 6.07) is 3.77. The Bertz CT molecular complexity index is 424. The number of hydrogen-bond acceptors (Lipinski definition) is 4.